The maximum absolute atomic E-state index is 13.0. The van der Waals surface area contributed by atoms with Crippen LogP contribution in [0.3, 0.4) is 0 Å². The van der Waals surface area contributed by atoms with Crippen LogP contribution < -0.4 is 0 Å². The van der Waals surface area contributed by atoms with Crippen LogP contribution in [0.25, 0.3) is 64.6 Å². The van der Waals surface area contributed by atoms with Crippen LogP contribution in [0.15, 0.2) is 255 Å². The second kappa shape index (κ2) is 23.9. The Morgan fingerprint density at radius 1 is 0.189 bits per heavy atom. The number of fused-ring (bicyclic) bond motifs is 6. The zero-order valence-corrected chi connectivity index (χ0v) is 52.0. The second-order valence-corrected chi connectivity index (χ2v) is 25.4. The third-order valence-corrected chi connectivity index (χ3v) is 19.7. The molecule has 9 nitrogen and oxygen atoms in total. The van der Waals surface area contributed by atoms with E-state index >= 15 is 0 Å². The minimum atomic E-state index is -1.39. The Morgan fingerprint density at radius 3 is 0.516 bits per heavy atom. The maximum atomic E-state index is 13.0. The molecule has 464 valence electrons. The van der Waals surface area contributed by atoms with E-state index in [0.29, 0.717) is 116 Å². The molecule has 0 aromatic heterocycles. The Hall–Kier alpha value is -11.9. The first-order chi connectivity index (χ1) is 46.2. The number of aromatic hydroxyl groups is 9. The monoisotopic (exact) mass is 1240 g/mol. The Bertz CT molecular complexity index is 4720. The summed E-state index contributed by atoms with van der Waals surface area (Å²) in [5.41, 5.74) is 6.56. The van der Waals surface area contributed by atoms with Gasteiger partial charge in [0.1, 0.15) is 51.7 Å². The summed E-state index contributed by atoms with van der Waals surface area (Å²) in [7, 11) is 0. The molecular formula is C86H66O9. The van der Waals surface area contributed by atoms with Crippen LogP contribution in [-0.4, -0.2) is 46.0 Å². The molecule has 0 amide bonds. The van der Waals surface area contributed by atoms with Crippen LogP contribution in [-0.2, 0) is 43.9 Å². The first-order valence-corrected chi connectivity index (χ1v) is 31.9. The van der Waals surface area contributed by atoms with Gasteiger partial charge in [-0.1, -0.05) is 255 Å². The zero-order valence-electron chi connectivity index (χ0n) is 52.0. The molecule has 0 fully saturated rings. The van der Waals surface area contributed by atoms with E-state index in [1.54, 1.807) is 0 Å². The molecule has 0 spiro atoms. The van der Waals surface area contributed by atoms with Gasteiger partial charge in [0.05, 0.1) is 0 Å². The highest BCUT2D eigenvalue weighted by molar-refractivity contribution is 5.94. The van der Waals surface area contributed by atoms with Crippen molar-refractivity contribution in [3.05, 3.63) is 338 Å². The molecular weight excluding hydrogens is 1180 g/mol. The van der Waals surface area contributed by atoms with E-state index in [4.69, 9.17) is 0 Å². The smallest absolute Gasteiger partial charge is 0.126 e. The van der Waals surface area contributed by atoms with E-state index in [-0.39, 0.29) is 90.3 Å². The number of hydrogen-bond donors (Lipinski definition) is 9. The van der Waals surface area contributed by atoms with Crippen molar-refractivity contribution in [3.63, 3.8) is 0 Å². The van der Waals surface area contributed by atoms with Gasteiger partial charge in [0.25, 0.3) is 0 Å². The van der Waals surface area contributed by atoms with Gasteiger partial charge in [-0.05, 0) is 123 Å². The zero-order chi connectivity index (χ0) is 65.2. The van der Waals surface area contributed by atoms with Crippen molar-refractivity contribution in [2.24, 2.45) is 0 Å². The van der Waals surface area contributed by atoms with E-state index in [9.17, 15) is 46.0 Å². The van der Waals surface area contributed by atoms with Gasteiger partial charge in [-0.3, -0.25) is 0 Å². The van der Waals surface area contributed by atoms with Gasteiger partial charge < -0.3 is 46.0 Å². The molecule has 0 aliphatic carbocycles. The lowest BCUT2D eigenvalue weighted by Gasteiger charge is -2.35. The number of rotatable bonds is 15. The van der Waals surface area contributed by atoms with Gasteiger partial charge in [0, 0.05) is 76.3 Å². The fourth-order valence-electron chi connectivity index (χ4n) is 14.3. The van der Waals surface area contributed by atoms with Crippen LogP contribution in [0.4, 0.5) is 0 Å². The molecule has 0 bridgehead atoms. The Morgan fingerprint density at radius 2 is 0.347 bits per heavy atom. The number of phenolic OH excluding ortho intramolecular Hbond substituents is 9. The summed E-state index contributed by atoms with van der Waals surface area (Å²) in [5.74, 6) is 0.231. The molecule has 0 unspecified atom stereocenters. The molecule has 15 aromatic rings. The lowest BCUT2D eigenvalue weighted by molar-refractivity contribution is 0.458. The summed E-state index contributed by atoms with van der Waals surface area (Å²) in [6.45, 7) is 2.07. The normalized spacial score (nSPS) is 11.8. The highest BCUT2D eigenvalue weighted by Gasteiger charge is 2.37. The van der Waals surface area contributed by atoms with Crippen LogP contribution in [0.2, 0.25) is 0 Å². The molecule has 0 atom stereocenters. The molecule has 15 rings (SSSR count). The molecule has 0 aliphatic heterocycles. The third-order valence-electron chi connectivity index (χ3n) is 19.7. The second-order valence-electron chi connectivity index (χ2n) is 25.4. The highest BCUT2D eigenvalue weighted by Crippen LogP contribution is 2.49. The molecule has 0 aliphatic rings. The van der Waals surface area contributed by atoms with Gasteiger partial charge in [-0.2, -0.15) is 0 Å². The fourth-order valence-corrected chi connectivity index (χ4v) is 14.3. The Balaban J connectivity index is 1.02. The molecule has 9 heteroatoms. The molecule has 0 saturated heterocycles. The highest BCUT2D eigenvalue weighted by atomic mass is 16.3. The van der Waals surface area contributed by atoms with Gasteiger partial charge in [0.15, 0.2) is 0 Å². The standard InChI is InChI=1S/C86H66O9/c1-86(68-44-62(38-56-32-26-50-14-2-8-20-71(50)80(56)90)77(87)63(45-68)39-57-33-27-51-15-3-9-21-72(51)81(57)91,69-46-64(40-58-34-28-52-16-4-10-22-73(52)82(58)92)78(88)65(47-69)41-59-35-29-53-17-5-11-23-74(53)83(59)93)70-48-66(42-60-36-30-54-18-6-12-24-75(54)84(60)94)79(89)67(49-70)43-61-37-31-55-19-7-13-25-76(55)85(61)95/h2-37,44-49,87-95H,38-43H2,1H3. The topological polar surface area (TPSA) is 182 Å². The number of benzene rings is 15. The predicted octanol–water partition coefficient (Wildman–Crippen LogP) is 18.9. The first-order valence-electron chi connectivity index (χ1n) is 31.9. The maximum Gasteiger partial charge on any atom is 0.126 e. The van der Waals surface area contributed by atoms with E-state index < -0.39 is 5.41 Å². The summed E-state index contributed by atoms with van der Waals surface area (Å²) in [6.07, 6.45) is 0.370. The van der Waals surface area contributed by atoms with Crippen LogP contribution >= 0.6 is 0 Å². The molecule has 0 heterocycles. The summed E-state index contributed by atoms with van der Waals surface area (Å²) >= 11 is 0. The molecule has 95 heavy (non-hydrogen) atoms. The minimum absolute atomic E-state index is 0.0486. The largest absolute Gasteiger partial charge is 0.507 e. The van der Waals surface area contributed by atoms with Gasteiger partial charge >= 0.3 is 0 Å². The van der Waals surface area contributed by atoms with Gasteiger partial charge in [-0.15, -0.1) is 0 Å². The van der Waals surface area contributed by atoms with Gasteiger partial charge in [-0.25, -0.2) is 0 Å². The summed E-state index contributed by atoms with van der Waals surface area (Å²) in [6, 6.07) is 80.0. The summed E-state index contributed by atoms with van der Waals surface area (Å²) in [5, 5.41) is 121. The van der Waals surface area contributed by atoms with Crippen molar-refractivity contribution in [1.82, 2.24) is 0 Å². The van der Waals surface area contributed by atoms with E-state index in [0.717, 1.165) is 32.3 Å². The Kier molecular flexibility index (Phi) is 15.0. The fraction of sp³-hybridized carbons (Fsp3) is 0.0930. The van der Waals surface area contributed by atoms with Crippen LogP contribution in [0, 0.1) is 0 Å². The van der Waals surface area contributed by atoms with Crippen LogP contribution in [0.5, 0.6) is 51.7 Å². The average molecular weight is 1240 g/mol. The quantitative estimate of drug-likeness (QED) is 0.0451. The van der Waals surface area contributed by atoms with E-state index in [1.807, 2.05) is 255 Å². The predicted molar refractivity (Wildman–Crippen MR) is 380 cm³/mol. The molecule has 0 saturated carbocycles. The minimum Gasteiger partial charge on any atom is -0.507 e. The van der Waals surface area contributed by atoms with Gasteiger partial charge in [0.2, 0.25) is 0 Å². The first kappa shape index (κ1) is 59.4. The van der Waals surface area contributed by atoms with E-state index in [2.05, 4.69) is 6.92 Å². The number of phenols is 9. The van der Waals surface area contributed by atoms with Crippen molar-refractivity contribution in [3.8, 4) is 51.7 Å². The third kappa shape index (κ3) is 10.7. The number of hydrogen-bond acceptors (Lipinski definition) is 9. The van der Waals surface area contributed by atoms with E-state index in [1.165, 1.54) is 0 Å². The summed E-state index contributed by atoms with van der Waals surface area (Å²) in [4.78, 5) is 0. The van der Waals surface area contributed by atoms with Crippen molar-refractivity contribution in [2.45, 2.75) is 50.9 Å². The molecule has 0 radical (unpaired) electrons. The summed E-state index contributed by atoms with van der Waals surface area (Å²) < 4.78 is 0. The lowest BCUT2D eigenvalue weighted by Crippen LogP contribution is -2.27. The Labute approximate surface area is 548 Å². The van der Waals surface area contributed by atoms with Crippen molar-refractivity contribution < 1.29 is 46.0 Å². The lowest BCUT2D eigenvalue weighted by atomic mass is 9.68. The van der Waals surface area contributed by atoms with Crippen molar-refractivity contribution >= 4 is 64.6 Å². The average Bonchev–Trinajstić information content (AvgIpc) is 0.734. The van der Waals surface area contributed by atoms with Crippen LogP contribution in [0.1, 0.15) is 90.4 Å². The van der Waals surface area contributed by atoms with Crippen molar-refractivity contribution in [2.75, 3.05) is 0 Å². The SMILES string of the molecule is CC(c1cc(Cc2ccc3ccccc3c2O)c(O)c(Cc2ccc3ccccc3c2O)c1)(c1cc(Cc2ccc3ccccc3c2O)c(O)c(Cc2ccc3ccccc3c2O)c1)c1cc(Cc2ccc3ccccc3c2O)c(O)c(Cc2ccc3ccccc3c2O)c1. The molecule has 9 N–H and O–H groups in total. The van der Waals surface area contributed by atoms with Crippen molar-refractivity contribution in [1.29, 1.82) is 0 Å². The molecule has 15 aromatic carbocycles.